The average molecular weight is 426 g/mol. The Hall–Kier alpha value is -2.55. The molecule has 2 fully saturated rings. The highest BCUT2D eigenvalue weighted by Crippen LogP contribution is 2.49. The summed E-state index contributed by atoms with van der Waals surface area (Å²) in [7, 11) is 0. The summed E-state index contributed by atoms with van der Waals surface area (Å²) in [5, 5.41) is 12.5. The van der Waals surface area contributed by atoms with E-state index in [2.05, 4.69) is 16.8 Å². The van der Waals surface area contributed by atoms with Crippen LogP contribution in [0.4, 0.5) is 0 Å². The second-order valence-corrected chi connectivity index (χ2v) is 9.33. The Morgan fingerprint density at radius 1 is 1.32 bits per heavy atom. The number of rotatable bonds is 8. The Labute approximate surface area is 185 Å². The number of aryl methyl sites for hydroxylation is 1. The molecule has 0 unspecified atom stereocenters. The van der Waals surface area contributed by atoms with Crippen molar-refractivity contribution in [1.82, 2.24) is 9.88 Å². The fourth-order valence-electron chi connectivity index (χ4n) is 5.47. The summed E-state index contributed by atoms with van der Waals surface area (Å²) in [5.41, 5.74) is 2.81. The summed E-state index contributed by atoms with van der Waals surface area (Å²) >= 11 is 0. The Bertz CT molecular complexity index is 908. The SMILES string of the molecule is CCCn1c(C)cc(/C=C(\C#N)C(=O)O[C@H](C)C(=O)N[C@@H](C)[C@H]2C[C@H]3CC[C@H]2C3)c1C. The van der Waals surface area contributed by atoms with Gasteiger partial charge in [-0.15, -0.1) is 0 Å². The standard InChI is InChI=1S/C25H35N3O3/c1-6-9-28-15(2)10-21(17(28)4)13-22(14-26)25(30)31-18(5)24(29)27-16(3)23-12-19-7-8-20(23)11-19/h10,13,16,18-20,23H,6-9,11-12H2,1-5H3,(H,27,29)/b22-13+/t16-,18+,19-,20-,23+/m0/s1. The first kappa shape index (κ1) is 23.1. The number of aromatic nitrogens is 1. The Morgan fingerprint density at radius 2 is 2.06 bits per heavy atom. The largest absolute Gasteiger partial charge is 0.448 e. The van der Waals surface area contributed by atoms with Crippen molar-refractivity contribution in [3.63, 3.8) is 0 Å². The maximum atomic E-state index is 12.6. The number of esters is 1. The molecule has 168 valence electrons. The molecule has 1 N–H and O–H groups in total. The number of carbonyl (C=O) groups excluding carboxylic acids is 2. The van der Waals surface area contributed by atoms with Crippen molar-refractivity contribution in [2.24, 2.45) is 17.8 Å². The van der Waals surface area contributed by atoms with Crippen LogP contribution in [0.15, 0.2) is 11.6 Å². The number of hydrogen-bond donors (Lipinski definition) is 1. The van der Waals surface area contributed by atoms with Gasteiger partial charge in [0.1, 0.15) is 11.6 Å². The minimum Gasteiger partial charge on any atom is -0.448 e. The summed E-state index contributed by atoms with van der Waals surface area (Å²) < 4.78 is 7.50. The molecule has 6 heteroatoms. The molecule has 31 heavy (non-hydrogen) atoms. The fraction of sp³-hybridized carbons (Fsp3) is 0.640. The predicted molar refractivity (Wildman–Crippen MR) is 120 cm³/mol. The molecule has 2 aliphatic rings. The van der Waals surface area contributed by atoms with Crippen molar-refractivity contribution in [2.45, 2.75) is 85.4 Å². The fourth-order valence-corrected chi connectivity index (χ4v) is 5.47. The lowest BCUT2D eigenvalue weighted by atomic mass is 9.84. The van der Waals surface area contributed by atoms with Crippen LogP contribution in [0.25, 0.3) is 6.08 Å². The van der Waals surface area contributed by atoms with Crippen LogP contribution in [0.2, 0.25) is 0 Å². The number of amides is 1. The smallest absolute Gasteiger partial charge is 0.349 e. The van der Waals surface area contributed by atoms with Crippen LogP contribution in [0.5, 0.6) is 0 Å². The molecule has 1 heterocycles. The molecule has 5 atom stereocenters. The molecule has 0 aromatic carbocycles. The second kappa shape index (κ2) is 9.72. The second-order valence-electron chi connectivity index (χ2n) is 9.33. The molecule has 1 aromatic heterocycles. The van der Waals surface area contributed by atoms with Crippen LogP contribution in [0.1, 0.15) is 69.8 Å². The van der Waals surface area contributed by atoms with E-state index in [0.717, 1.165) is 35.8 Å². The molecule has 2 saturated carbocycles. The van der Waals surface area contributed by atoms with Crippen molar-refractivity contribution < 1.29 is 14.3 Å². The topological polar surface area (TPSA) is 84.1 Å². The molecule has 0 aliphatic heterocycles. The number of nitrogens with one attached hydrogen (secondary N) is 1. The van der Waals surface area contributed by atoms with Crippen LogP contribution in [-0.2, 0) is 20.9 Å². The number of ether oxygens (including phenoxy) is 1. The number of nitriles is 1. The van der Waals surface area contributed by atoms with Crippen molar-refractivity contribution >= 4 is 18.0 Å². The molecule has 2 bridgehead atoms. The third-order valence-electron chi connectivity index (χ3n) is 7.16. The van der Waals surface area contributed by atoms with E-state index in [-0.39, 0.29) is 17.5 Å². The molecular formula is C25H35N3O3. The Balaban J connectivity index is 1.61. The predicted octanol–water partition coefficient (Wildman–Crippen LogP) is 4.29. The lowest BCUT2D eigenvalue weighted by Gasteiger charge is -2.29. The van der Waals surface area contributed by atoms with E-state index >= 15 is 0 Å². The van der Waals surface area contributed by atoms with Gasteiger partial charge < -0.3 is 14.6 Å². The van der Waals surface area contributed by atoms with Gasteiger partial charge in [0.15, 0.2) is 6.10 Å². The molecule has 0 radical (unpaired) electrons. The zero-order valence-electron chi connectivity index (χ0n) is 19.4. The van der Waals surface area contributed by atoms with E-state index < -0.39 is 12.1 Å². The number of hydrogen-bond acceptors (Lipinski definition) is 4. The van der Waals surface area contributed by atoms with Crippen LogP contribution in [-0.4, -0.2) is 28.6 Å². The lowest BCUT2D eigenvalue weighted by molar-refractivity contribution is -0.151. The van der Waals surface area contributed by atoms with Gasteiger partial charge in [0, 0.05) is 24.0 Å². The summed E-state index contributed by atoms with van der Waals surface area (Å²) in [6.45, 7) is 10.6. The van der Waals surface area contributed by atoms with E-state index in [4.69, 9.17) is 4.74 Å². The Morgan fingerprint density at radius 3 is 2.65 bits per heavy atom. The Kier molecular flexibility index (Phi) is 7.25. The minimum absolute atomic E-state index is 0.0684. The van der Waals surface area contributed by atoms with Crippen LogP contribution >= 0.6 is 0 Å². The van der Waals surface area contributed by atoms with E-state index in [1.54, 1.807) is 13.0 Å². The number of carbonyl (C=O) groups is 2. The zero-order chi connectivity index (χ0) is 22.7. The van der Waals surface area contributed by atoms with E-state index in [1.807, 2.05) is 32.9 Å². The van der Waals surface area contributed by atoms with E-state index in [0.29, 0.717) is 11.8 Å². The summed E-state index contributed by atoms with van der Waals surface area (Å²) in [5.74, 6) is 0.962. The molecule has 0 spiro atoms. The van der Waals surface area contributed by atoms with Crippen LogP contribution in [0.3, 0.4) is 0 Å². The van der Waals surface area contributed by atoms with E-state index in [9.17, 15) is 14.9 Å². The first-order valence-corrected chi connectivity index (χ1v) is 11.5. The van der Waals surface area contributed by atoms with Gasteiger partial charge in [-0.3, -0.25) is 4.79 Å². The molecular weight excluding hydrogens is 390 g/mol. The quantitative estimate of drug-likeness (QED) is 0.382. The first-order valence-electron chi connectivity index (χ1n) is 11.5. The highest BCUT2D eigenvalue weighted by molar-refractivity contribution is 5.99. The highest BCUT2D eigenvalue weighted by atomic mass is 16.5. The monoisotopic (exact) mass is 425 g/mol. The molecule has 0 saturated heterocycles. The first-order chi connectivity index (χ1) is 14.7. The average Bonchev–Trinajstić information content (AvgIpc) is 3.43. The summed E-state index contributed by atoms with van der Waals surface area (Å²) in [6.07, 6.45) is 6.65. The minimum atomic E-state index is -0.946. The summed E-state index contributed by atoms with van der Waals surface area (Å²) in [6, 6.07) is 3.96. The van der Waals surface area contributed by atoms with Gasteiger partial charge >= 0.3 is 5.97 Å². The van der Waals surface area contributed by atoms with Gasteiger partial charge in [-0.2, -0.15) is 5.26 Å². The van der Waals surface area contributed by atoms with Gasteiger partial charge in [-0.05, 0) is 88.8 Å². The number of fused-ring (bicyclic) bond motifs is 2. The third-order valence-corrected chi connectivity index (χ3v) is 7.16. The third kappa shape index (κ3) is 5.03. The van der Waals surface area contributed by atoms with Gasteiger partial charge in [0.05, 0.1) is 0 Å². The zero-order valence-corrected chi connectivity index (χ0v) is 19.4. The van der Waals surface area contributed by atoms with Crippen molar-refractivity contribution in [2.75, 3.05) is 0 Å². The maximum Gasteiger partial charge on any atom is 0.349 e. The number of nitrogens with zero attached hydrogens (tertiary/aromatic N) is 2. The van der Waals surface area contributed by atoms with Crippen molar-refractivity contribution in [3.8, 4) is 6.07 Å². The lowest BCUT2D eigenvalue weighted by Crippen LogP contribution is -2.45. The normalized spacial score (nSPS) is 24.5. The van der Waals surface area contributed by atoms with Gasteiger partial charge in [0.25, 0.3) is 5.91 Å². The molecule has 1 aromatic rings. The maximum absolute atomic E-state index is 12.6. The van der Waals surface area contributed by atoms with Gasteiger partial charge in [-0.25, -0.2) is 4.79 Å². The van der Waals surface area contributed by atoms with E-state index in [1.165, 1.54) is 25.7 Å². The molecule has 6 nitrogen and oxygen atoms in total. The summed E-state index contributed by atoms with van der Waals surface area (Å²) in [4.78, 5) is 25.2. The molecule has 1 amide bonds. The molecule has 2 aliphatic carbocycles. The molecule has 3 rings (SSSR count). The van der Waals surface area contributed by atoms with Crippen LogP contribution in [0, 0.1) is 42.9 Å². The van der Waals surface area contributed by atoms with Crippen molar-refractivity contribution in [3.05, 3.63) is 28.6 Å². The van der Waals surface area contributed by atoms with Gasteiger partial charge in [-0.1, -0.05) is 13.3 Å². The highest BCUT2D eigenvalue weighted by Gasteiger charge is 2.42. The van der Waals surface area contributed by atoms with Gasteiger partial charge in [0.2, 0.25) is 0 Å². The van der Waals surface area contributed by atoms with Crippen molar-refractivity contribution in [1.29, 1.82) is 5.26 Å². The van der Waals surface area contributed by atoms with Crippen LogP contribution < -0.4 is 5.32 Å².